The fourth-order valence-corrected chi connectivity index (χ4v) is 4.19. The Morgan fingerprint density at radius 2 is 1.07 bits per heavy atom. The molecule has 0 aromatic heterocycles. The maximum Gasteiger partial charge on any atom is 0.217 e. The van der Waals surface area contributed by atoms with Crippen LogP contribution in [0, 0.1) is 0 Å². The van der Waals surface area contributed by atoms with Gasteiger partial charge >= 0.3 is 0 Å². The molecular weight excluding hydrogens is 386 g/mol. The molecule has 0 radical (unpaired) electrons. The summed E-state index contributed by atoms with van der Waals surface area (Å²) in [7, 11) is -1.12. The van der Waals surface area contributed by atoms with Crippen LogP contribution in [0.3, 0.4) is 0 Å². The highest BCUT2D eigenvalue weighted by atomic mass is 32.3. The minimum absolute atomic E-state index is 0.808. The topological polar surface area (TPSA) is 66.4 Å². The first-order valence-corrected chi connectivity index (χ1v) is 13.5. The van der Waals surface area contributed by atoms with Gasteiger partial charge in [0.2, 0.25) is 10.4 Å². The Labute approximate surface area is 182 Å². The van der Waals surface area contributed by atoms with E-state index in [2.05, 4.69) is 18.2 Å². The first-order chi connectivity index (χ1) is 13.8. The quantitative estimate of drug-likeness (QED) is 0.125. The van der Waals surface area contributed by atoms with Gasteiger partial charge in [-0.05, 0) is 32.1 Å². The second-order valence-electron chi connectivity index (χ2n) is 9.02. The number of unbranched alkanes of at least 4 members (excludes halogenated alkanes) is 13. The van der Waals surface area contributed by atoms with Gasteiger partial charge in [-0.3, -0.25) is 4.18 Å². The Morgan fingerprint density at radius 3 is 1.41 bits per heavy atom. The summed E-state index contributed by atoms with van der Waals surface area (Å²) in [4.78, 5) is 0. The lowest BCUT2D eigenvalue weighted by Crippen LogP contribution is -2.48. The number of piperidine rings is 1. The summed E-state index contributed by atoms with van der Waals surface area (Å²) >= 11 is 0. The van der Waals surface area contributed by atoms with Crippen LogP contribution in [0.1, 0.15) is 116 Å². The van der Waals surface area contributed by atoms with E-state index in [1.807, 2.05) is 0 Å². The molecule has 1 saturated heterocycles. The highest BCUT2D eigenvalue weighted by Gasteiger charge is 2.23. The number of rotatable bonds is 16. The molecule has 0 saturated carbocycles. The third-order valence-electron chi connectivity index (χ3n) is 6.15. The molecule has 29 heavy (non-hydrogen) atoms. The fraction of sp³-hybridized carbons (Fsp3) is 1.00. The first-order valence-electron chi connectivity index (χ1n) is 12.2. The van der Waals surface area contributed by atoms with Crippen LogP contribution in [0.25, 0.3) is 0 Å². The molecule has 0 aliphatic carbocycles. The van der Waals surface area contributed by atoms with Gasteiger partial charge in [-0.15, -0.1) is 0 Å². The molecule has 5 nitrogen and oxygen atoms in total. The Bertz CT molecular complexity index is 448. The fourth-order valence-electron chi connectivity index (χ4n) is 4.19. The Kier molecular flexibility index (Phi) is 18.5. The van der Waals surface area contributed by atoms with E-state index < -0.39 is 10.4 Å². The summed E-state index contributed by atoms with van der Waals surface area (Å²) in [6.07, 6.45) is 25.0. The Balaban J connectivity index is 0.00000113. The highest BCUT2D eigenvalue weighted by molar-refractivity contribution is 7.80. The van der Waals surface area contributed by atoms with Crippen LogP contribution in [-0.2, 0) is 14.6 Å². The molecular formula is C23H49NO4S. The van der Waals surface area contributed by atoms with Crippen LogP contribution in [-0.4, -0.2) is 51.2 Å². The lowest BCUT2D eigenvalue weighted by Gasteiger charge is -2.37. The highest BCUT2D eigenvalue weighted by Crippen LogP contribution is 2.18. The van der Waals surface area contributed by atoms with Gasteiger partial charge in [0.25, 0.3) is 0 Å². The van der Waals surface area contributed by atoms with E-state index in [0.29, 0.717) is 0 Å². The zero-order valence-corrected chi connectivity index (χ0v) is 20.4. The van der Waals surface area contributed by atoms with Gasteiger partial charge in [0.05, 0.1) is 33.8 Å². The average molecular weight is 436 g/mol. The number of hydrogen-bond donors (Lipinski definition) is 0. The standard InChI is InChI=1S/C22H46N.CH4O4S/c1-3-4-5-6-7-8-9-10-11-12-13-14-15-17-20-23(2)21-18-16-19-22-23;1-5-6(2,3)4/h3-22H2,1-2H3;1H3,(H,2,3,4)/q+1;/p-1. The summed E-state index contributed by atoms with van der Waals surface area (Å²) in [5.74, 6) is 0. The molecule has 1 fully saturated rings. The number of nitrogens with zero attached hydrogens (tertiary/aromatic N) is 1. The van der Waals surface area contributed by atoms with Crippen molar-refractivity contribution in [3.8, 4) is 0 Å². The van der Waals surface area contributed by atoms with Crippen molar-refractivity contribution in [2.24, 2.45) is 0 Å². The molecule has 1 heterocycles. The molecule has 0 amide bonds. The van der Waals surface area contributed by atoms with Gasteiger partial charge in [-0.2, -0.15) is 0 Å². The summed E-state index contributed by atoms with van der Waals surface area (Å²) in [5, 5.41) is 0. The van der Waals surface area contributed by atoms with Gasteiger partial charge in [0.1, 0.15) is 0 Å². The zero-order valence-electron chi connectivity index (χ0n) is 19.6. The van der Waals surface area contributed by atoms with Crippen LogP contribution < -0.4 is 0 Å². The molecule has 0 N–H and O–H groups in total. The van der Waals surface area contributed by atoms with Crippen molar-refractivity contribution < 1.29 is 21.6 Å². The van der Waals surface area contributed by atoms with E-state index in [1.165, 1.54) is 133 Å². The zero-order chi connectivity index (χ0) is 21.8. The van der Waals surface area contributed by atoms with Crippen molar-refractivity contribution in [1.29, 1.82) is 0 Å². The van der Waals surface area contributed by atoms with Crippen LogP contribution in [0.5, 0.6) is 0 Å². The van der Waals surface area contributed by atoms with E-state index in [-0.39, 0.29) is 0 Å². The minimum atomic E-state index is -4.41. The molecule has 176 valence electrons. The monoisotopic (exact) mass is 435 g/mol. The smallest absolute Gasteiger partial charge is 0.217 e. The maximum atomic E-state index is 9.22. The maximum absolute atomic E-state index is 9.22. The largest absolute Gasteiger partial charge is 0.726 e. The molecule has 0 unspecified atom stereocenters. The van der Waals surface area contributed by atoms with Gasteiger partial charge in [0, 0.05) is 0 Å². The Hall–Kier alpha value is -0.170. The van der Waals surface area contributed by atoms with Gasteiger partial charge < -0.3 is 9.04 Å². The molecule has 1 aliphatic rings. The predicted octanol–water partition coefficient (Wildman–Crippen LogP) is 6.19. The molecule has 0 atom stereocenters. The average Bonchev–Trinajstić information content (AvgIpc) is 2.69. The molecule has 0 aromatic rings. The van der Waals surface area contributed by atoms with Crippen molar-refractivity contribution in [2.75, 3.05) is 33.8 Å². The van der Waals surface area contributed by atoms with Gasteiger partial charge in [-0.25, -0.2) is 8.42 Å². The van der Waals surface area contributed by atoms with E-state index >= 15 is 0 Å². The molecule has 0 aromatic carbocycles. The number of quaternary nitrogens is 1. The van der Waals surface area contributed by atoms with Crippen LogP contribution >= 0.6 is 0 Å². The normalized spacial score (nSPS) is 16.3. The predicted molar refractivity (Wildman–Crippen MR) is 122 cm³/mol. The van der Waals surface area contributed by atoms with Crippen LogP contribution in [0.4, 0.5) is 0 Å². The van der Waals surface area contributed by atoms with E-state index in [1.54, 1.807) is 0 Å². The van der Waals surface area contributed by atoms with Crippen molar-refractivity contribution in [2.45, 2.75) is 116 Å². The van der Waals surface area contributed by atoms with Crippen LogP contribution in [0.2, 0.25) is 0 Å². The first kappa shape index (κ1) is 28.8. The lowest BCUT2D eigenvalue weighted by atomic mass is 10.0. The summed E-state index contributed by atoms with van der Waals surface area (Å²) in [6, 6.07) is 0. The number of likely N-dealkylation sites (tertiary alicyclic amines) is 1. The number of hydrogen-bond acceptors (Lipinski definition) is 4. The molecule has 0 bridgehead atoms. The summed E-state index contributed by atoms with van der Waals surface area (Å²) in [5.41, 5.74) is 0. The van der Waals surface area contributed by atoms with Crippen molar-refractivity contribution >= 4 is 10.4 Å². The van der Waals surface area contributed by atoms with E-state index in [9.17, 15) is 13.0 Å². The lowest BCUT2D eigenvalue weighted by molar-refractivity contribution is -0.914. The third-order valence-corrected chi connectivity index (χ3v) is 6.56. The second-order valence-corrected chi connectivity index (χ2v) is 10.2. The molecule has 0 spiro atoms. The third kappa shape index (κ3) is 20.9. The van der Waals surface area contributed by atoms with E-state index in [4.69, 9.17) is 0 Å². The van der Waals surface area contributed by atoms with Gasteiger partial charge in [0.15, 0.2) is 0 Å². The minimum Gasteiger partial charge on any atom is -0.726 e. The Morgan fingerprint density at radius 1 is 0.724 bits per heavy atom. The SMILES string of the molecule is CCCCCCCCCCCCCCCC[N+]1(C)CCCCC1.COS(=O)(=O)[O-]. The second kappa shape index (κ2) is 18.6. The van der Waals surface area contributed by atoms with Crippen molar-refractivity contribution in [3.63, 3.8) is 0 Å². The summed E-state index contributed by atoms with van der Waals surface area (Å²) < 4.78 is 32.4. The molecule has 1 rings (SSSR count). The van der Waals surface area contributed by atoms with Crippen molar-refractivity contribution in [1.82, 2.24) is 0 Å². The van der Waals surface area contributed by atoms with Crippen molar-refractivity contribution in [3.05, 3.63) is 0 Å². The molecule has 6 heteroatoms. The van der Waals surface area contributed by atoms with Crippen LogP contribution in [0.15, 0.2) is 0 Å². The molecule has 1 aliphatic heterocycles. The van der Waals surface area contributed by atoms with E-state index in [0.717, 1.165) is 7.11 Å². The summed E-state index contributed by atoms with van der Waals surface area (Å²) in [6.45, 7) is 6.63. The van der Waals surface area contributed by atoms with Gasteiger partial charge in [-0.1, -0.05) is 84.0 Å².